The monoisotopic (exact) mass is 479 g/mol. The molecule has 34 heavy (non-hydrogen) atoms. The third-order valence-electron chi connectivity index (χ3n) is 7.20. The number of hydrogen-bond donors (Lipinski definition) is 2. The Morgan fingerprint density at radius 2 is 2.00 bits per heavy atom. The third kappa shape index (κ3) is 2.77. The number of carbonyl (C=O) groups excluding carboxylic acids is 2. The number of hydrogen-bond acceptors (Lipinski definition) is 5. The summed E-state index contributed by atoms with van der Waals surface area (Å²) in [6.07, 6.45) is -0.225. The summed E-state index contributed by atoms with van der Waals surface area (Å²) in [7, 11) is 0. The number of alkyl halides is 2. The number of aromatic hydroxyl groups is 1. The van der Waals surface area contributed by atoms with Crippen LogP contribution in [0.25, 0.3) is 0 Å². The Bertz CT molecular complexity index is 1330. The predicted molar refractivity (Wildman–Crippen MR) is 105 cm³/mol. The van der Waals surface area contributed by atoms with E-state index in [-0.39, 0.29) is 25.1 Å². The lowest BCUT2D eigenvalue weighted by Crippen LogP contribution is -2.59. The van der Waals surface area contributed by atoms with Gasteiger partial charge < -0.3 is 24.6 Å². The standard InChI is InChI=1S/C22H17F4N3O5/c23-9-2-1-8(11(24)3-9)5-27-20(32)10-6-28-7-14-29(21(33)17(28)19(31)18(10)30)12-4-13(34-14)16-15(12)22(16,25)26/h1-3,6,12-16,31H,4-5,7H2,(H,27,32)/t12-,13+,14?,15?,16-/m0/s1. The lowest BCUT2D eigenvalue weighted by Gasteiger charge is -2.46. The van der Waals surface area contributed by atoms with Crippen molar-refractivity contribution in [3.8, 4) is 5.75 Å². The van der Waals surface area contributed by atoms with Crippen molar-refractivity contribution >= 4 is 11.8 Å². The summed E-state index contributed by atoms with van der Waals surface area (Å²) in [6.45, 7) is -0.425. The zero-order valence-corrected chi connectivity index (χ0v) is 17.3. The van der Waals surface area contributed by atoms with Gasteiger partial charge in [-0.25, -0.2) is 17.6 Å². The van der Waals surface area contributed by atoms with Gasteiger partial charge in [0.2, 0.25) is 5.43 Å². The second kappa shape index (κ2) is 6.81. The zero-order valence-electron chi connectivity index (χ0n) is 17.3. The second-order valence-corrected chi connectivity index (χ2v) is 9.01. The maximum Gasteiger partial charge on any atom is 0.276 e. The molecule has 2 aromatic rings. The Balaban J connectivity index is 1.29. The largest absolute Gasteiger partial charge is 0.503 e. The van der Waals surface area contributed by atoms with E-state index < -0.39 is 82.0 Å². The molecule has 8 nitrogen and oxygen atoms in total. The molecule has 6 rings (SSSR count). The molecule has 2 aliphatic carbocycles. The Morgan fingerprint density at radius 3 is 2.74 bits per heavy atom. The highest BCUT2D eigenvalue weighted by Gasteiger charge is 2.80. The van der Waals surface area contributed by atoms with E-state index in [9.17, 15) is 37.1 Å². The van der Waals surface area contributed by atoms with Crippen molar-refractivity contribution in [1.29, 1.82) is 0 Å². The highest BCUT2D eigenvalue weighted by Crippen LogP contribution is 2.68. The Hall–Kier alpha value is -3.41. The van der Waals surface area contributed by atoms with Crippen molar-refractivity contribution in [2.75, 3.05) is 0 Å². The topological polar surface area (TPSA) is 101 Å². The van der Waals surface area contributed by atoms with Crippen LogP contribution in [0, 0.1) is 23.5 Å². The predicted octanol–water partition coefficient (Wildman–Crippen LogP) is 1.60. The average molecular weight is 479 g/mol. The van der Waals surface area contributed by atoms with Gasteiger partial charge in [-0.3, -0.25) is 14.4 Å². The van der Waals surface area contributed by atoms with Gasteiger partial charge in [-0.15, -0.1) is 0 Å². The van der Waals surface area contributed by atoms with E-state index >= 15 is 0 Å². The summed E-state index contributed by atoms with van der Waals surface area (Å²) in [5.41, 5.74) is -2.06. The van der Waals surface area contributed by atoms with E-state index in [1.165, 1.54) is 9.47 Å². The van der Waals surface area contributed by atoms with E-state index in [1.54, 1.807) is 0 Å². The lowest BCUT2D eigenvalue weighted by atomic mass is 10.0. The first kappa shape index (κ1) is 21.1. The van der Waals surface area contributed by atoms with E-state index in [4.69, 9.17) is 4.74 Å². The number of halogens is 4. The van der Waals surface area contributed by atoms with Crippen LogP contribution >= 0.6 is 0 Å². The maximum absolute atomic E-state index is 14.1. The first-order valence-electron chi connectivity index (χ1n) is 10.6. The fourth-order valence-corrected chi connectivity index (χ4v) is 5.61. The van der Waals surface area contributed by atoms with Crippen molar-refractivity contribution in [1.82, 2.24) is 14.8 Å². The van der Waals surface area contributed by atoms with Crippen LogP contribution in [0.5, 0.6) is 5.75 Å². The normalized spacial score (nSPS) is 29.8. The number of nitrogens with zero attached hydrogens (tertiary/aromatic N) is 2. The van der Waals surface area contributed by atoms with Gasteiger partial charge in [0.15, 0.2) is 17.7 Å². The van der Waals surface area contributed by atoms with Crippen molar-refractivity contribution in [3.63, 3.8) is 0 Å². The van der Waals surface area contributed by atoms with Gasteiger partial charge in [0.05, 0.1) is 24.5 Å². The first-order valence-corrected chi connectivity index (χ1v) is 10.6. The van der Waals surface area contributed by atoms with Crippen LogP contribution in [0.1, 0.15) is 32.8 Å². The number of benzene rings is 1. The van der Waals surface area contributed by atoms with Gasteiger partial charge in [-0.1, -0.05) is 6.07 Å². The molecule has 5 atom stereocenters. The average Bonchev–Trinajstić information content (AvgIpc) is 3.20. The molecule has 2 amide bonds. The van der Waals surface area contributed by atoms with Crippen molar-refractivity contribution in [3.05, 3.63) is 63.1 Å². The molecule has 2 unspecified atom stereocenters. The molecule has 178 valence electrons. The summed E-state index contributed by atoms with van der Waals surface area (Å²) in [6, 6.07) is 2.04. The molecule has 3 fully saturated rings. The molecule has 2 bridgehead atoms. The molecule has 0 radical (unpaired) electrons. The van der Waals surface area contributed by atoms with Crippen molar-refractivity contribution in [2.45, 2.75) is 43.8 Å². The van der Waals surface area contributed by atoms with Gasteiger partial charge in [-0.05, 0) is 12.5 Å². The van der Waals surface area contributed by atoms with E-state index in [1.807, 2.05) is 0 Å². The van der Waals surface area contributed by atoms with Crippen LogP contribution < -0.4 is 10.7 Å². The van der Waals surface area contributed by atoms with Gasteiger partial charge >= 0.3 is 0 Å². The summed E-state index contributed by atoms with van der Waals surface area (Å²) >= 11 is 0. The Labute approximate surface area is 188 Å². The summed E-state index contributed by atoms with van der Waals surface area (Å²) in [4.78, 5) is 39.6. The van der Waals surface area contributed by atoms with Crippen LogP contribution in [0.4, 0.5) is 17.6 Å². The fraction of sp³-hybridized carbons (Fsp3) is 0.409. The highest BCUT2D eigenvalue weighted by molar-refractivity contribution is 5.99. The molecule has 2 aliphatic heterocycles. The van der Waals surface area contributed by atoms with E-state index in [0.717, 1.165) is 18.3 Å². The number of pyridine rings is 1. The molecule has 1 aromatic heterocycles. The smallest absolute Gasteiger partial charge is 0.276 e. The molecule has 2 saturated carbocycles. The van der Waals surface area contributed by atoms with Crippen molar-refractivity contribution < 1.29 is 37.0 Å². The van der Waals surface area contributed by atoms with Gasteiger partial charge in [0.25, 0.3) is 17.7 Å². The summed E-state index contributed by atoms with van der Waals surface area (Å²) < 4.78 is 62.0. The number of rotatable bonds is 3. The third-order valence-corrected chi connectivity index (χ3v) is 7.20. The van der Waals surface area contributed by atoms with Gasteiger partial charge in [0, 0.05) is 30.4 Å². The summed E-state index contributed by atoms with van der Waals surface area (Å²) in [5.74, 6) is -9.30. The number of aromatic nitrogens is 1. The minimum absolute atomic E-state index is 0.0238. The van der Waals surface area contributed by atoms with Crippen LogP contribution in [0.15, 0.2) is 29.2 Å². The van der Waals surface area contributed by atoms with Crippen LogP contribution in [0.3, 0.4) is 0 Å². The minimum atomic E-state index is -2.91. The Morgan fingerprint density at radius 1 is 1.24 bits per heavy atom. The van der Waals surface area contributed by atoms with Crippen LogP contribution in [-0.2, 0) is 17.8 Å². The molecule has 12 heteroatoms. The molecule has 1 saturated heterocycles. The Kier molecular flexibility index (Phi) is 4.24. The lowest BCUT2D eigenvalue weighted by molar-refractivity contribution is -0.163. The second-order valence-electron chi connectivity index (χ2n) is 9.01. The molecular weight excluding hydrogens is 462 g/mol. The number of carbonyl (C=O) groups is 2. The quantitative estimate of drug-likeness (QED) is 0.652. The molecule has 1 aromatic carbocycles. The maximum atomic E-state index is 14.1. The van der Waals surface area contributed by atoms with E-state index in [2.05, 4.69) is 5.32 Å². The van der Waals surface area contributed by atoms with Gasteiger partial charge in [-0.2, -0.15) is 0 Å². The molecule has 2 N–H and O–H groups in total. The highest BCUT2D eigenvalue weighted by atomic mass is 19.3. The van der Waals surface area contributed by atoms with Crippen LogP contribution in [0.2, 0.25) is 0 Å². The number of fused-ring (bicyclic) bond motifs is 8. The van der Waals surface area contributed by atoms with E-state index in [0.29, 0.717) is 6.07 Å². The van der Waals surface area contributed by atoms with Gasteiger partial charge in [0.1, 0.15) is 17.2 Å². The minimum Gasteiger partial charge on any atom is -0.503 e. The number of amides is 2. The fourth-order valence-electron chi connectivity index (χ4n) is 5.61. The van der Waals surface area contributed by atoms with Crippen LogP contribution in [-0.4, -0.2) is 50.7 Å². The number of ether oxygens (including phenoxy) is 1. The SMILES string of the molecule is O=C(NCc1ccc(F)cc1F)c1cn2c(c(O)c1=O)C(=O)N1C(C2)O[C@@H]2C[C@H]1C1[C@H]2C1(F)F. The molecule has 3 heterocycles. The molecular formula is C22H17F4N3O5. The molecule has 4 aliphatic rings. The number of nitrogens with one attached hydrogen (secondary N) is 1. The van der Waals surface area contributed by atoms with Crippen molar-refractivity contribution in [2.24, 2.45) is 11.8 Å². The molecule has 0 spiro atoms. The zero-order chi connectivity index (χ0) is 24.1. The first-order chi connectivity index (χ1) is 16.1. The summed E-state index contributed by atoms with van der Waals surface area (Å²) in [5, 5.41) is 12.8.